The van der Waals surface area contributed by atoms with Gasteiger partial charge in [-0.2, -0.15) is 4.31 Å². The molecule has 1 aromatic rings. The van der Waals surface area contributed by atoms with Crippen LogP contribution < -0.4 is 10.6 Å². The zero-order chi connectivity index (χ0) is 19.3. The minimum Gasteiger partial charge on any atom is -0.355 e. The molecule has 0 radical (unpaired) electrons. The van der Waals surface area contributed by atoms with E-state index in [1.807, 2.05) is 0 Å². The van der Waals surface area contributed by atoms with E-state index in [1.165, 1.54) is 28.6 Å². The van der Waals surface area contributed by atoms with Crippen molar-refractivity contribution < 1.29 is 18.0 Å². The smallest absolute Gasteiger partial charge is 0.251 e. The molecule has 2 amide bonds. The van der Waals surface area contributed by atoms with Crippen LogP contribution in [-0.4, -0.2) is 50.7 Å². The minimum absolute atomic E-state index is 0.115. The summed E-state index contributed by atoms with van der Waals surface area (Å²) < 4.78 is 27.2. The summed E-state index contributed by atoms with van der Waals surface area (Å²) in [6.07, 6.45) is 1.02. The lowest BCUT2D eigenvalue weighted by molar-refractivity contribution is -0.120. The molecule has 1 heterocycles. The fraction of sp³-hybridized carbons (Fsp3) is 0.556. The van der Waals surface area contributed by atoms with Crippen molar-refractivity contribution in [2.45, 2.75) is 32.1 Å². The third-order valence-electron chi connectivity index (χ3n) is 4.37. The zero-order valence-corrected chi connectivity index (χ0v) is 16.3. The molecule has 2 N–H and O–H groups in total. The number of nitrogens with one attached hydrogen (secondary N) is 2. The summed E-state index contributed by atoms with van der Waals surface area (Å²) in [6.45, 7) is 7.32. The number of rotatable bonds is 6. The number of sulfonamides is 1. The van der Waals surface area contributed by atoms with Gasteiger partial charge >= 0.3 is 0 Å². The van der Waals surface area contributed by atoms with Gasteiger partial charge in [-0.1, -0.05) is 13.8 Å². The molecule has 2 atom stereocenters. The first kappa shape index (κ1) is 20.4. The Morgan fingerprint density at radius 1 is 1.08 bits per heavy atom. The monoisotopic (exact) mass is 381 g/mol. The summed E-state index contributed by atoms with van der Waals surface area (Å²) in [5, 5.41) is 5.09. The highest BCUT2D eigenvalue weighted by atomic mass is 32.2. The van der Waals surface area contributed by atoms with Gasteiger partial charge in [0.05, 0.1) is 11.4 Å². The van der Waals surface area contributed by atoms with Crippen molar-refractivity contribution >= 4 is 21.8 Å². The van der Waals surface area contributed by atoms with Crippen LogP contribution in [0.2, 0.25) is 0 Å². The van der Waals surface area contributed by atoms with Crippen molar-refractivity contribution in [3.63, 3.8) is 0 Å². The Labute approximate surface area is 155 Å². The van der Waals surface area contributed by atoms with Crippen molar-refractivity contribution in [3.8, 4) is 0 Å². The standard InChI is InChI=1S/C18H27N3O4S/c1-4-19-17(22)10-20-18(23)15-5-7-16(8-6-15)26(24,25)21-11-13(2)9-14(3)12-21/h5-8,13-14H,4,9-12H2,1-3H3,(H,19,22)(H,20,23)/t13-,14+. The molecule has 1 aliphatic rings. The summed E-state index contributed by atoms with van der Waals surface area (Å²) in [7, 11) is -3.57. The van der Waals surface area contributed by atoms with E-state index >= 15 is 0 Å². The van der Waals surface area contributed by atoms with E-state index < -0.39 is 15.9 Å². The predicted octanol–water partition coefficient (Wildman–Crippen LogP) is 1.22. The fourth-order valence-electron chi connectivity index (χ4n) is 3.25. The first-order valence-electron chi connectivity index (χ1n) is 8.89. The van der Waals surface area contributed by atoms with Crippen LogP contribution in [0.25, 0.3) is 0 Å². The average Bonchev–Trinajstić information content (AvgIpc) is 2.59. The third-order valence-corrected chi connectivity index (χ3v) is 6.22. The second-order valence-corrected chi connectivity index (χ2v) is 8.87. The summed E-state index contributed by atoms with van der Waals surface area (Å²) in [6, 6.07) is 5.83. The first-order chi connectivity index (χ1) is 12.2. The lowest BCUT2D eigenvalue weighted by Crippen LogP contribution is -2.42. The maximum atomic E-state index is 12.8. The van der Waals surface area contributed by atoms with Crippen molar-refractivity contribution in [2.75, 3.05) is 26.2 Å². The van der Waals surface area contributed by atoms with Gasteiger partial charge in [0, 0.05) is 25.2 Å². The van der Waals surface area contributed by atoms with E-state index in [0.717, 1.165) is 6.42 Å². The van der Waals surface area contributed by atoms with Gasteiger partial charge in [0.15, 0.2) is 0 Å². The molecule has 0 bridgehead atoms. The number of benzene rings is 1. The van der Waals surface area contributed by atoms with Gasteiger partial charge in [-0.3, -0.25) is 9.59 Å². The van der Waals surface area contributed by atoms with Crippen molar-refractivity contribution in [2.24, 2.45) is 11.8 Å². The van der Waals surface area contributed by atoms with E-state index in [4.69, 9.17) is 0 Å². The quantitative estimate of drug-likeness (QED) is 0.774. The predicted molar refractivity (Wildman–Crippen MR) is 99.2 cm³/mol. The molecule has 0 spiro atoms. The number of carbonyl (C=O) groups is 2. The lowest BCUT2D eigenvalue weighted by atomic mass is 9.94. The van der Waals surface area contributed by atoms with E-state index in [1.54, 1.807) is 6.92 Å². The third kappa shape index (κ3) is 5.04. The number of nitrogens with zero attached hydrogens (tertiary/aromatic N) is 1. The summed E-state index contributed by atoms with van der Waals surface area (Å²) in [5.74, 6) is -0.0329. The fourth-order valence-corrected chi connectivity index (χ4v) is 4.93. The molecule has 0 aromatic heterocycles. The van der Waals surface area contributed by atoms with Crippen LogP contribution in [0.3, 0.4) is 0 Å². The summed E-state index contributed by atoms with van der Waals surface area (Å²) in [4.78, 5) is 23.6. The Kier molecular flexibility index (Phi) is 6.77. The van der Waals surface area contributed by atoms with Gasteiger partial charge in [0.2, 0.25) is 15.9 Å². The number of amides is 2. The van der Waals surface area contributed by atoms with Crippen LogP contribution in [0.15, 0.2) is 29.2 Å². The molecule has 0 saturated carbocycles. The summed E-state index contributed by atoms with van der Waals surface area (Å²) in [5.41, 5.74) is 0.314. The Hall–Kier alpha value is -1.93. The molecule has 7 nitrogen and oxygen atoms in total. The van der Waals surface area contributed by atoms with Crippen molar-refractivity contribution in [1.29, 1.82) is 0 Å². The molecule has 0 aliphatic carbocycles. The van der Waals surface area contributed by atoms with E-state index in [9.17, 15) is 18.0 Å². The normalized spacial score (nSPS) is 21.2. The molecule has 8 heteroatoms. The molecule has 1 saturated heterocycles. The lowest BCUT2D eigenvalue weighted by Gasteiger charge is -2.34. The first-order valence-corrected chi connectivity index (χ1v) is 10.3. The van der Waals surface area contributed by atoms with E-state index in [2.05, 4.69) is 24.5 Å². The van der Waals surface area contributed by atoms with Crippen LogP contribution in [0, 0.1) is 11.8 Å². The van der Waals surface area contributed by atoms with E-state index in [0.29, 0.717) is 37.0 Å². The SMILES string of the molecule is CCNC(=O)CNC(=O)c1ccc(S(=O)(=O)N2C[C@H](C)C[C@H](C)C2)cc1. The highest BCUT2D eigenvalue weighted by Crippen LogP contribution is 2.26. The molecule has 1 aromatic carbocycles. The van der Waals surface area contributed by atoms with Gasteiger partial charge in [0.25, 0.3) is 5.91 Å². The number of likely N-dealkylation sites (N-methyl/N-ethyl adjacent to an activating group) is 1. The highest BCUT2D eigenvalue weighted by Gasteiger charge is 2.31. The Morgan fingerprint density at radius 2 is 1.65 bits per heavy atom. The van der Waals surface area contributed by atoms with Crippen LogP contribution in [0.5, 0.6) is 0 Å². The zero-order valence-electron chi connectivity index (χ0n) is 15.5. The topological polar surface area (TPSA) is 95.6 Å². The van der Waals surface area contributed by atoms with Crippen molar-refractivity contribution in [3.05, 3.63) is 29.8 Å². The van der Waals surface area contributed by atoms with Gasteiger partial charge < -0.3 is 10.6 Å². The second-order valence-electron chi connectivity index (χ2n) is 6.93. The minimum atomic E-state index is -3.57. The van der Waals surface area contributed by atoms with E-state index in [-0.39, 0.29) is 17.3 Å². The molecule has 1 fully saturated rings. The van der Waals surface area contributed by atoms with Gasteiger partial charge in [0.1, 0.15) is 0 Å². The number of carbonyl (C=O) groups excluding carboxylic acids is 2. The number of hydrogen-bond donors (Lipinski definition) is 2. The maximum absolute atomic E-state index is 12.8. The second kappa shape index (κ2) is 8.64. The van der Waals surface area contributed by atoms with Gasteiger partial charge in [-0.25, -0.2) is 8.42 Å². The molecule has 1 aliphatic heterocycles. The Morgan fingerprint density at radius 3 is 2.19 bits per heavy atom. The van der Waals surface area contributed by atoms with Crippen molar-refractivity contribution in [1.82, 2.24) is 14.9 Å². The van der Waals surface area contributed by atoms with Crippen LogP contribution in [0.1, 0.15) is 37.6 Å². The number of hydrogen-bond acceptors (Lipinski definition) is 4. The van der Waals surface area contributed by atoms with Crippen LogP contribution >= 0.6 is 0 Å². The molecular weight excluding hydrogens is 354 g/mol. The molecule has 2 rings (SSSR count). The molecule has 26 heavy (non-hydrogen) atoms. The molecular formula is C18H27N3O4S. The molecule has 144 valence electrons. The number of piperidine rings is 1. The largest absolute Gasteiger partial charge is 0.355 e. The van der Waals surface area contributed by atoms with Gasteiger partial charge in [-0.15, -0.1) is 0 Å². The van der Waals surface area contributed by atoms with Gasteiger partial charge in [-0.05, 0) is 49.4 Å². The Balaban J connectivity index is 2.06. The van der Waals surface area contributed by atoms with Crippen LogP contribution in [-0.2, 0) is 14.8 Å². The average molecular weight is 381 g/mol. The Bertz CT molecular complexity index is 736. The highest BCUT2D eigenvalue weighted by molar-refractivity contribution is 7.89. The van der Waals surface area contributed by atoms with Crippen LogP contribution in [0.4, 0.5) is 0 Å². The molecule has 0 unspecified atom stereocenters. The summed E-state index contributed by atoms with van der Waals surface area (Å²) >= 11 is 0. The maximum Gasteiger partial charge on any atom is 0.251 e.